The maximum absolute atomic E-state index is 13.4. The number of nitriles is 1. The van der Waals surface area contributed by atoms with Gasteiger partial charge in [-0.05, 0) is 30.9 Å². The van der Waals surface area contributed by atoms with Crippen LogP contribution in [0.3, 0.4) is 0 Å². The summed E-state index contributed by atoms with van der Waals surface area (Å²) in [5.74, 6) is 0.234. The van der Waals surface area contributed by atoms with Crippen molar-refractivity contribution in [2.24, 2.45) is 5.92 Å². The van der Waals surface area contributed by atoms with Crippen LogP contribution >= 0.6 is 0 Å². The number of hydrogen-bond donors (Lipinski definition) is 1. The van der Waals surface area contributed by atoms with Crippen LogP contribution in [0.2, 0.25) is 0 Å². The highest BCUT2D eigenvalue weighted by atomic mass is 32.2. The number of sulfone groups is 1. The van der Waals surface area contributed by atoms with Crippen molar-refractivity contribution < 1.29 is 21.6 Å². The van der Waals surface area contributed by atoms with Crippen LogP contribution in [0.4, 0.5) is 19.0 Å². The molecule has 2 heterocycles. The number of hydrogen-bond acceptors (Lipinski definition) is 6. The third-order valence-corrected chi connectivity index (χ3v) is 5.90. The fourth-order valence-electron chi connectivity index (χ4n) is 3.42. The van der Waals surface area contributed by atoms with Crippen molar-refractivity contribution in [3.05, 3.63) is 29.6 Å². The third kappa shape index (κ3) is 4.70. The standard InChI is InChI=1S/C18H20F3N5O2S/c1-29(27,28)15-8-7-13(11-23-15)26-17(24-10-12-5-3-2-4-6-12)14(9-22)16(25-26)18(19,20)21/h7-8,11-12,24H,2-6,10H2,1H3. The van der Waals surface area contributed by atoms with Gasteiger partial charge >= 0.3 is 6.18 Å². The summed E-state index contributed by atoms with van der Waals surface area (Å²) in [7, 11) is -3.56. The second-order valence-corrected chi connectivity index (χ2v) is 9.07. The van der Waals surface area contributed by atoms with E-state index in [1.807, 2.05) is 0 Å². The van der Waals surface area contributed by atoms with Crippen molar-refractivity contribution in [3.63, 3.8) is 0 Å². The van der Waals surface area contributed by atoms with Crippen LogP contribution in [0.25, 0.3) is 5.69 Å². The van der Waals surface area contributed by atoms with Crippen LogP contribution in [0, 0.1) is 17.2 Å². The predicted octanol–water partition coefficient (Wildman–Crippen LogP) is 3.55. The molecule has 156 valence electrons. The van der Waals surface area contributed by atoms with E-state index in [1.165, 1.54) is 12.1 Å². The Hall–Kier alpha value is -2.61. The number of nitrogens with zero attached hydrogens (tertiary/aromatic N) is 4. The van der Waals surface area contributed by atoms with E-state index < -0.39 is 27.3 Å². The molecule has 1 saturated carbocycles. The number of nitrogens with one attached hydrogen (secondary N) is 1. The largest absolute Gasteiger partial charge is 0.436 e. The molecule has 7 nitrogen and oxygen atoms in total. The second-order valence-electron chi connectivity index (χ2n) is 7.11. The SMILES string of the molecule is CS(=O)(=O)c1ccc(-n2nc(C(F)(F)F)c(C#N)c2NCC2CCCCC2)cn1. The van der Waals surface area contributed by atoms with E-state index in [4.69, 9.17) is 0 Å². The van der Waals surface area contributed by atoms with Crippen LogP contribution in [0.5, 0.6) is 0 Å². The van der Waals surface area contributed by atoms with Crippen molar-refractivity contribution in [3.8, 4) is 11.8 Å². The molecule has 0 radical (unpaired) electrons. The lowest BCUT2D eigenvalue weighted by molar-refractivity contribution is -0.141. The first-order chi connectivity index (χ1) is 13.6. The highest BCUT2D eigenvalue weighted by Gasteiger charge is 2.40. The predicted molar refractivity (Wildman–Crippen MR) is 99.3 cm³/mol. The maximum Gasteiger partial charge on any atom is 0.436 e. The molecule has 0 aliphatic heterocycles. The van der Waals surface area contributed by atoms with Crippen LogP contribution in [0.1, 0.15) is 43.4 Å². The van der Waals surface area contributed by atoms with Crippen LogP contribution < -0.4 is 5.32 Å². The fourth-order valence-corrected chi connectivity index (χ4v) is 3.98. The molecule has 0 unspecified atom stereocenters. The smallest absolute Gasteiger partial charge is 0.369 e. The Bertz CT molecular complexity index is 1020. The molecule has 3 rings (SSSR count). The molecule has 0 bridgehead atoms. The Kier molecular flexibility index (Phi) is 5.84. The molecule has 2 aromatic heterocycles. The zero-order valence-electron chi connectivity index (χ0n) is 15.7. The average molecular weight is 427 g/mol. The van der Waals surface area contributed by atoms with Gasteiger partial charge in [-0.1, -0.05) is 19.3 Å². The summed E-state index contributed by atoms with van der Waals surface area (Å²) in [6, 6.07) is 4.10. The topological polar surface area (TPSA) is 101 Å². The Morgan fingerprint density at radius 3 is 2.48 bits per heavy atom. The average Bonchev–Trinajstić information content (AvgIpc) is 3.05. The summed E-state index contributed by atoms with van der Waals surface area (Å²) >= 11 is 0. The summed E-state index contributed by atoms with van der Waals surface area (Å²) < 4.78 is 64.3. The molecular formula is C18H20F3N5O2S. The number of anilines is 1. The van der Waals surface area contributed by atoms with Gasteiger partial charge in [0.1, 0.15) is 17.5 Å². The molecule has 1 N–H and O–H groups in total. The molecule has 1 aliphatic rings. The lowest BCUT2D eigenvalue weighted by Gasteiger charge is -2.22. The summed E-state index contributed by atoms with van der Waals surface area (Å²) in [5.41, 5.74) is -1.77. The van der Waals surface area contributed by atoms with Crippen molar-refractivity contribution >= 4 is 15.7 Å². The first-order valence-corrected chi connectivity index (χ1v) is 11.0. The van der Waals surface area contributed by atoms with Gasteiger partial charge < -0.3 is 5.32 Å². The quantitative estimate of drug-likeness (QED) is 0.783. The lowest BCUT2D eigenvalue weighted by atomic mass is 9.89. The summed E-state index contributed by atoms with van der Waals surface area (Å²) in [6.45, 7) is 0.423. The van der Waals surface area contributed by atoms with Gasteiger partial charge in [-0.2, -0.15) is 23.5 Å². The minimum absolute atomic E-state index is 0.0701. The molecular weight excluding hydrogens is 407 g/mol. The molecule has 29 heavy (non-hydrogen) atoms. The van der Waals surface area contributed by atoms with E-state index in [1.54, 1.807) is 6.07 Å². The van der Waals surface area contributed by atoms with Crippen molar-refractivity contribution in [2.45, 2.75) is 43.3 Å². The zero-order chi connectivity index (χ0) is 21.2. The first-order valence-electron chi connectivity index (χ1n) is 9.12. The van der Waals surface area contributed by atoms with Crippen LogP contribution in [0.15, 0.2) is 23.4 Å². The van der Waals surface area contributed by atoms with Crippen molar-refractivity contribution in [2.75, 3.05) is 18.1 Å². The van der Waals surface area contributed by atoms with Gasteiger partial charge in [-0.15, -0.1) is 0 Å². The van der Waals surface area contributed by atoms with E-state index >= 15 is 0 Å². The Morgan fingerprint density at radius 2 is 1.97 bits per heavy atom. The van der Waals surface area contributed by atoms with Gasteiger partial charge in [0.05, 0.1) is 11.9 Å². The van der Waals surface area contributed by atoms with Gasteiger partial charge in [0, 0.05) is 12.8 Å². The van der Waals surface area contributed by atoms with Gasteiger partial charge in [-0.25, -0.2) is 18.1 Å². The number of pyridine rings is 1. The van der Waals surface area contributed by atoms with Crippen LogP contribution in [-0.4, -0.2) is 36.0 Å². The van der Waals surface area contributed by atoms with E-state index in [2.05, 4.69) is 15.4 Å². The van der Waals surface area contributed by atoms with E-state index in [0.717, 1.165) is 49.2 Å². The number of alkyl halides is 3. The number of aromatic nitrogens is 3. The minimum atomic E-state index is -4.81. The molecule has 2 aromatic rings. The molecule has 1 fully saturated rings. The molecule has 0 amide bonds. The molecule has 0 aromatic carbocycles. The lowest BCUT2D eigenvalue weighted by Crippen LogP contribution is -2.19. The summed E-state index contributed by atoms with van der Waals surface area (Å²) in [5, 5.41) is 15.7. The van der Waals surface area contributed by atoms with Crippen molar-refractivity contribution in [1.29, 1.82) is 5.26 Å². The third-order valence-electron chi connectivity index (χ3n) is 4.89. The minimum Gasteiger partial charge on any atom is -0.369 e. The summed E-state index contributed by atoms with van der Waals surface area (Å²) in [6.07, 6.45) is 2.53. The van der Waals surface area contributed by atoms with E-state index in [0.29, 0.717) is 12.5 Å². The number of halogens is 3. The molecule has 0 saturated heterocycles. The second kappa shape index (κ2) is 8.02. The van der Waals surface area contributed by atoms with E-state index in [9.17, 15) is 26.9 Å². The molecule has 0 atom stereocenters. The van der Waals surface area contributed by atoms with Gasteiger partial charge in [0.25, 0.3) is 0 Å². The zero-order valence-corrected chi connectivity index (χ0v) is 16.5. The fraction of sp³-hybridized carbons (Fsp3) is 0.500. The molecule has 11 heteroatoms. The van der Waals surface area contributed by atoms with E-state index in [-0.39, 0.29) is 16.5 Å². The Labute approximate surface area is 166 Å². The highest BCUT2D eigenvalue weighted by molar-refractivity contribution is 7.90. The van der Waals surface area contributed by atoms with Crippen molar-refractivity contribution in [1.82, 2.24) is 14.8 Å². The Morgan fingerprint density at radius 1 is 1.28 bits per heavy atom. The van der Waals surface area contributed by atoms with Gasteiger partial charge in [-0.3, -0.25) is 0 Å². The highest BCUT2D eigenvalue weighted by Crippen LogP contribution is 2.36. The maximum atomic E-state index is 13.4. The van der Waals surface area contributed by atoms with Gasteiger partial charge in [0.15, 0.2) is 20.6 Å². The normalized spacial score (nSPS) is 15.8. The van der Waals surface area contributed by atoms with Crippen LogP contribution in [-0.2, 0) is 16.0 Å². The Balaban J connectivity index is 2.02. The monoisotopic (exact) mass is 427 g/mol. The van der Waals surface area contributed by atoms with Gasteiger partial charge in [0.2, 0.25) is 0 Å². The number of rotatable bonds is 5. The first kappa shape index (κ1) is 21.1. The summed E-state index contributed by atoms with van der Waals surface area (Å²) in [4.78, 5) is 3.80. The molecule has 0 spiro atoms. The molecule has 1 aliphatic carbocycles.